The summed E-state index contributed by atoms with van der Waals surface area (Å²) in [6, 6.07) is 10.2. The van der Waals surface area contributed by atoms with E-state index in [2.05, 4.69) is 15.1 Å². The Balaban J connectivity index is 1.99. The number of hydrogen-bond acceptors (Lipinski definition) is 6. The molecule has 0 aliphatic carbocycles. The number of carbonyl (C=O) groups is 1. The van der Waals surface area contributed by atoms with E-state index in [1.807, 2.05) is 6.07 Å². The summed E-state index contributed by atoms with van der Waals surface area (Å²) in [6.45, 7) is 0. The van der Waals surface area contributed by atoms with E-state index in [-0.39, 0.29) is 17.1 Å². The predicted octanol–water partition coefficient (Wildman–Crippen LogP) is 2.14. The number of halogens is 1. The maximum atomic E-state index is 12.4. The number of nitriles is 1. The Bertz CT molecular complexity index is 926. The first-order valence-corrected chi connectivity index (χ1v) is 6.85. The summed E-state index contributed by atoms with van der Waals surface area (Å²) in [6.07, 6.45) is 2.70. The number of benzene rings is 1. The van der Waals surface area contributed by atoms with Crippen molar-refractivity contribution < 1.29 is 4.79 Å². The fourth-order valence-corrected chi connectivity index (χ4v) is 2.06. The van der Waals surface area contributed by atoms with Gasteiger partial charge in [-0.25, -0.2) is 9.97 Å². The number of hydrogen-bond donors (Lipinski definition) is 1. The van der Waals surface area contributed by atoms with Crippen LogP contribution in [-0.2, 0) is 0 Å². The highest BCUT2D eigenvalue weighted by molar-refractivity contribution is 6.30. The van der Waals surface area contributed by atoms with Crippen molar-refractivity contribution in [1.29, 1.82) is 5.26 Å². The Morgan fingerprint density at radius 1 is 1.26 bits per heavy atom. The summed E-state index contributed by atoms with van der Waals surface area (Å²) < 4.78 is 0.937. The lowest BCUT2D eigenvalue weighted by atomic mass is 10.2. The van der Waals surface area contributed by atoms with Crippen LogP contribution in [0.1, 0.15) is 16.1 Å². The molecule has 112 valence electrons. The SMILES string of the molecule is N#Cc1cnn(C(=O)c2ccnc(-c3ccc(Cl)cc3)n2)c1N. The molecule has 0 spiro atoms. The number of nitrogens with zero attached hydrogens (tertiary/aromatic N) is 5. The second-order valence-corrected chi connectivity index (χ2v) is 4.98. The van der Waals surface area contributed by atoms with Gasteiger partial charge >= 0.3 is 0 Å². The van der Waals surface area contributed by atoms with Gasteiger partial charge in [0.2, 0.25) is 0 Å². The quantitative estimate of drug-likeness (QED) is 0.773. The lowest BCUT2D eigenvalue weighted by molar-refractivity contribution is 0.0943. The van der Waals surface area contributed by atoms with Crippen LogP contribution in [0.2, 0.25) is 5.02 Å². The minimum absolute atomic E-state index is 0.0239. The lowest BCUT2D eigenvalue weighted by Gasteiger charge is -2.05. The van der Waals surface area contributed by atoms with Crippen LogP contribution in [0.3, 0.4) is 0 Å². The van der Waals surface area contributed by atoms with E-state index in [1.54, 1.807) is 24.3 Å². The van der Waals surface area contributed by atoms with Gasteiger partial charge in [0.05, 0.1) is 6.20 Å². The molecule has 2 aromatic heterocycles. The summed E-state index contributed by atoms with van der Waals surface area (Å²) in [4.78, 5) is 20.8. The minimum Gasteiger partial charge on any atom is -0.382 e. The van der Waals surface area contributed by atoms with Crippen molar-refractivity contribution in [3.63, 3.8) is 0 Å². The van der Waals surface area contributed by atoms with Crippen LogP contribution in [0.15, 0.2) is 42.7 Å². The smallest absolute Gasteiger partial charge is 0.298 e. The maximum absolute atomic E-state index is 12.4. The van der Waals surface area contributed by atoms with Gasteiger partial charge in [-0.15, -0.1) is 0 Å². The van der Waals surface area contributed by atoms with E-state index in [0.29, 0.717) is 10.8 Å². The highest BCUT2D eigenvalue weighted by Gasteiger charge is 2.17. The van der Waals surface area contributed by atoms with Crippen molar-refractivity contribution in [2.24, 2.45) is 0 Å². The van der Waals surface area contributed by atoms with Gasteiger partial charge in [0, 0.05) is 16.8 Å². The van der Waals surface area contributed by atoms with Crippen LogP contribution in [0.4, 0.5) is 5.82 Å². The van der Waals surface area contributed by atoms with Gasteiger partial charge in [-0.1, -0.05) is 11.6 Å². The molecular formula is C15H9ClN6O. The molecule has 2 N–H and O–H groups in total. The topological polar surface area (TPSA) is 110 Å². The molecule has 0 fully saturated rings. The largest absolute Gasteiger partial charge is 0.382 e. The fraction of sp³-hybridized carbons (Fsp3) is 0. The molecule has 2 heterocycles. The number of aromatic nitrogens is 4. The molecule has 0 radical (unpaired) electrons. The number of nitrogens with two attached hydrogens (primary N) is 1. The second-order valence-electron chi connectivity index (χ2n) is 4.54. The van der Waals surface area contributed by atoms with Gasteiger partial charge in [0.1, 0.15) is 23.1 Å². The molecule has 0 unspecified atom stereocenters. The Labute approximate surface area is 136 Å². The average Bonchev–Trinajstić information content (AvgIpc) is 2.95. The Hall–Kier alpha value is -3.24. The normalized spacial score (nSPS) is 10.3. The highest BCUT2D eigenvalue weighted by Crippen LogP contribution is 2.18. The van der Waals surface area contributed by atoms with Gasteiger partial charge in [0.25, 0.3) is 5.91 Å². The zero-order chi connectivity index (χ0) is 16.4. The predicted molar refractivity (Wildman–Crippen MR) is 83.6 cm³/mol. The molecule has 3 aromatic rings. The number of carbonyl (C=O) groups excluding carboxylic acids is 1. The molecule has 0 saturated heterocycles. The highest BCUT2D eigenvalue weighted by atomic mass is 35.5. The molecule has 7 nitrogen and oxygen atoms in total. The van der Waals surface area contributed by atoms with Crippen molar-refractivity contribution in [3.05, 3.63) is 59.0 Å². The minimum atomic E-state index is -0.540. The van der Waals surface area contributed by atoms with Crippen molar-refractivity contribution in [2.45, 2.75) is 0 Å². The summed E-state index contributed by atoms with van der Waals surface area (Å²) in [5, 5.41) is 13.3. The molecule has 3 rings (SSSR count). The standard InChI is InChI=1S/C15H9ClN6O/c16-11-3-1-9(2-4-11)14-19-6-5-12(21-14)15(23)22-13(18)10(7-17)8-20-22/h1-6,8H,18H2. The van der Waals surface area contributed by atoms with Crippen LogP contribution in [-0.4, -0.2) is 25.7 Å². The van der Waals surface area contributed by atoms with Crippen molar-refractivity contribution >= 4 is 23.3 Å². The van der Waals surface area contributed by atoms with Crippen LogP contribution >= 0.6 is 11.6 Å². The number of nitrogen functional groups attached to an aromatic ring is 1. The van der Waals surface area contributed by atoms with Crippen molar-refractivity contribution in [2.75, 3.05) is 5.73 Å². The fourth-order valence-electron chi connectivity index (χ4n) is 1.93. The third-order valence-corrected chi connectivity index (χ3v) is 3.35. The van der Waals surface area contributed by atoms with Crippen LogP contribution in [0.25, 0.3) is 11.4 Å². The van der Waals surface area contributed by atoms with E-state index in [0.717, 1.165) is 10.2 Å². The molecule has 0 atom stereocenters. The van der Waals surface area contributed by atoms with Gasteiger partial charge in [0.15, 0.2) is 5.82 Å². The zero-order valence-electron chi connectivity index (χ0n) is 11.6. The van der Waals surface area contributed by atoms with Crippen LogP contribution < -0.4 is 5.73 Å². The monoisotopic (exact) mass is 324 g/mol. The van der Waals surface area contributed by atoms with E-state index in [4.69, 9.17) is 22.6 Å². The molecular weight excluding hydrogens is 316 g/mol. The molecule has 0 aliphatic heterocycles. The second kappa shape index (κ2) is 5.87. The van der Waals surface area contributed by atoms with Crippen molar-refractivity contribution in [3.8, 4) is 17.5 Å². The third-order valence-electron chi connectivity index (χ3n) is 3.10. The first-order valence-electron chi connectivity index (χ1n) is 6.47. The molecule has 0 amide bonds. The summed E-state index contributed by atoms with van der Waals surface area (Å²) in [7, 11) is 0. The Morgan fingerprint density at radius 3 is 2.65 bits per heavy atom. The van der Waals surface area contributed by atoms with E-state index < -0.39 is 5.91 Å². The average molecular weight is 325 g/mol. The van der Waals surface area contributed by atoms with Crippen LogP contribution in [0.5, 0.6) is 0 Å². The lowest BCUT2D eigenvalue weighted by Crippen LogP contribution is -2.18. The first kappa shape index (κ1) is 14.7. The Morgan fingerprint density at radius 2 is 2.00 bits per heavy atom. The molecule has 1 aromatic carbocycles. The number of rotatable bonds is 2. The first-order chi connectivity index (χ1) is 11.1. The zero-order valence-corrected chi connectivity index (χ0v) is 12.4. The van der Waals surface area contributed by atoms with Crippen molar-refractivity contribution in [1.82, 2.24) is 19.7 Å². The van der Waals surface area contributed by atoms with E-state index >= 15 is 0 Å². The third kappa shape index (κ3) is 2.75. The summed E-state index contributed by atoms with van der Waals surface area (Å²) in [5.41, 5.74) is 6.68. The van der Waals surface area contributed by atoms with E-state index in [1.165, 1.54) is 18.5 Å². The molecule has 8 heteroatoms. The molecule has 23 heavy (non-hydrogen) atoms. The van der Waals surface area contributed by atoms with Gasteiger partial charge < -0.3 is 5.73 Å². The van der Waals surface area contributed by atoms with Gasteiger partial charge in [-0.2, -0.15) is 15.0 Å². The maximum Gasteiger partial charge on any atom is 0.298 e. The number of anilines is 1. The van der Waals surface area contributed by atoms with Gasteiger partial charge in [-0.3, -0.25) is 4.79 Å². The molecule has 0 aliphatic rings. The van der Waals surface area contributed by atoms with Gasteiger partial charge in [-0.05, 0) is 30.3 Å². The van der Waals surface area contributed by atoms with Crippen LogP contribution in [0, 0.1) is 11.3 Å². The van der Waals surface area contributed by atoms with E-state index in [9.17, 15) is 4.79 Å². The molecule has 0 saturated carbocycles. The molecule has 0 bridgehead atoms. The summed E-state index contributed by atoms with van der Waals surface area (Å²) in [5.74, 6) is -0.190. The summed E-state index contributed by atoms with van der Waals surface area (Å²) >= 11 is 5.85. The Kier molecular flexibility index (Phi) is 3.75.